The second-order valence-electron chi connectivity index (χ2n) is 4.82. The van der Waals surface area contributed by atoms with Gasteiger partial charge in [0.2, 0.25) is 0 Å². The summed E-state index contributed by atoms with van der Waals surface area (Å²) >= 11 is 12.4. The van der Waals surface area contributed by atoms with Crippen LogP contribution >= 0.6 is 23.2 Å². The van der Waals surface area contributed by atoms with Gasteiger partial charge in [0.15, 0.2) is 0 Å². The molecule has 1 atom stereocenters. The molecule has 0 amide bonds. The van der Waals surface area contributed by atoms with Gasteiger partial charge in [-0.15, -0.1) is 0 Å². The zero-order valence-electron chi connectivity index (χ0n) is 11.4. The molecule has 1 aliphatic rings. The number of halogens is 2. The Bertz CT molecular complexity index is 462. The summed E-state index contributed by atoms with van der Waals surface area (Å²) in [5.74, 6) is -0.124. The van der Waals surface area contributed by atoms with Gasteiger partial charge in [-0.2, -0.15) is 0 Å². The van der Waals surface area contributed by atoms with Crippen molar-refractivity contribution in [1.29, 1.82) is 0 Å². The highest BCUT2D eigenvalue weighted by Crippen LogP contribution is 2.34. The Morgan fingerprint density at radius 3 is 2.70 bits per heavy atom. The van der Waals surface area contributed by atoms with Crippen LogP contribution in [0.3, 0.4) is 0 Å². The van der Waals surface area contributed by atoms with Gasteiger partial charge in [0.25, 0.3) is 0 Å². The first-order chi connectivity index (χ1) is 9.63. The first-order valence-electron chi connectivity index (χ1n) is 6.84. The lowest BCUT2D eigenvalue weighted by Crippen LogP contribution is -2.26. The fourth-order valence-electron chi connectivity index (χ4n) is 2.52. The Morgan fingerprint density at radius 2 is 2.05 bits per heavy atom. The van der Waals surface area contributed by atoms with Crippen molar-refractivity contribution in [3.05, 3.63) is 22.4 Å². The molecule has 0 N–H and O–H groups in total. The molecule has 0 aliphatic carbocycles. The van der Waals surface area contributed by atoms with E-state index >= 15 is 0 Å². The molecule has 1 fully saturated rings. The smallest absolute Gasteiger partial charge is 0.308 e. The van der Waals surface area contributed by atoms with Crippen molar-refractivity contribution < 1.29 is 9.53 Å². The number of esters is 1. The Hall–Kier alpha value is -1.00. The highest BCUT2D eigenvalue weighted by Gasteiger charge is 2.25. The van der Waals surface area contributed by atoms with Gasteiger partial charge in [-0.1, -0.05) is 23.2 Å². The summed E-state index contributed by atoms with van der Waals surface area (Å²) in [4.78, 5) is 17.9. The molecule has 0 saturated carbocycles. The van der Waals surface area contributed by atoms with Crippen molar-refractivity contribution in [2.75, 3.05) is 24.6 Å². The average Bonchev–Trinajstić information content (AvgIpc) is 2.65. The Kier molecular flexibility index (Phi) is 5.49. The van der Waals surface area contributed by atoms with E-state index in [4.69, 9.17) is 27.9 Å². The monoisotopic (exact) mass is 316 g/mol. The predicted octanol–water partition coefficient (Wildman–Crippen LogP) is 3.56. The van der Waals surface area contributed by atoms with E-state index in [9.17, 15) is 4.79 Å². The number of hydrogen-bond acceptors (Lipinski definition) is 4. The first-order valence-corrected chi connectivity index (χ1v) is 7.59. The fourth-order valence-corrected chi connectivity index (χ4v) is 3.13. The number of ether oxygens (including phenoxy) is 1. The summed E-state index contributed by atoms with van der Waals surface area (Å²) in [6.07, 6.45) is 5.70. The Morgan fingerprint density at radius 1 is 1.35 bits per heavy atom. The summed E-state index contributed by atoms with van der Waals surface area (Å²) in [5.41, 5.74) is 0.813. The number of hydrogen-bond donors (Lipinski definition) is 0. The van der Waals surface area contributed by atoms with Crippen LogP contribution < -0.4 is 4.90 Å². The largest absolute Gasteiger partial charge is 0.466 e. The molecule has 2 heterocycles. The molecule has 0 spiro atoms. The van der Waals surface area contributed by atoms with Crippen molar-refractivity contribution in [2.24, 2.45) is 5.92 Å². The van der Waals surface area contributed by atoms with Gasteiger partial charge >= 0.3 is 5.97 Å². The van der Waals surface area contributed by atoms with E-state index in [0.29, 0.717) is 16.7 Å². The Balaban J connectivity index is 2.08. The van der Waals surface area contributed by atoms with E-state index in [1.807, 2.05) is 6.92 Å². The van der Waals surface area contributed by atoms with Crippen molar-refractivity contribution in [3.8, 4) is 0 Å². The summed E-state index contributed by atoms with van der Waals surface area (Å²) in [7, 11) is 0. The third-order valence-corrected chi connectivity index (χ3v) is 4.05. The molecule has 2 rings (SSSR count). The van der Waals surface area contributed by atoms with Gasteiger partial charge in [0.1, 0.15) is 0 Å². The third-order valence-electron chi connectivity index (χ3n) is 3.49. The maximum Gasteiger partial charge on any atom is 0.308 e. The minimum atomic E-state index is -0.0960. The van der Waals surface area contributed by atoms with Crippen LogP contribution in [0.25, 0.3) is 0 Å². The molecule has 1 aromatic rings. The summed E-state index contributed by atoms with van der Waals surface area (Å²) in [6.45, 7) is 3.84. The van der Waals surface area contributed by atoms with Crippen LogP contribution in [0.1, 0.15) is 26.2 Å². The zero-order chi connectivity index (χ0) is 14.5. The van der Waals surface area contributed by atoms with Crippen molar-refractivity contribution in [1.82, 2.24) is 4.98 Å². The number of rotatable bonds is 3. The summed E-state index contributed by atoms with van der Waals surface area (Å²) in [6, 6.07) is 0. The second kappa shape index (κ2) is 7.14. The quantitative estimate of drug-likeness (QED) is 0.800. The molecule has 110 valence electrons. The van der Waals surface area contributed by atoms with Crippen LogP contribution in [0, 0.1) is 5.92 Å². The lowest BCUT2D eigenvalue weighted by atomic mass is 10.0. The minimum Gasteiger partial charge on any atom is -0.466 e. The summed E-state index contributed by atoms with van der Waals surface area (Å²) < 4.78 is 5.11. The topological polar surface area (TPSA) is 42.4 Å². The van der Waals surface area contributed by atoms with Crippen LogP contribution in [-0.2, 0) is 9.53 Å². The number of carbonyl (C=O) groups is 1. The fraction of sp³-hybridized carbons (Fsp3) is 0.571. The predicted molar refractivity (Wildman–Crippen MR) is 80.4 cm³/mol. The third kappa shape index (κ3) is 3.55. The van der Waals surface area contributed by atoms with Gasteiger partial charge in [-0.3, -0.25) is 9.78 Å². The highest BCUT2D eigenvalue weighted by atomic mass is 35.5. The maximum absolute atomic E-state index is 11.8. The van der Waals surface area contributed by atoms with E-state index in [-0.39, 0.29) is 11.9 Å². The van der Waals surface area contributed by atoms with E-state index in [0.717, 1.165) is 38.0 Å². The lowest BCUT2D eigenvalue weighted by Gasteiger charge is -2.24. The number of nitrogens with zero attached hydrogens (tertiary/aromatic N) is 2. The van der Waals surface area contributed by atoms with Gasteiger partial charge in [-0.25, -0.2) is 0 Å². The molecule has 0 aromatic carbocycles. The van der Waals surface area contributed by atoms with Gasteiger partial charge in [-0.05, 0) is 26.2 Å². The molecule has 0 radical (unpaired) electrons. The molecular weight excluding hydrogens is 299 g/mol. The lowest BCUT2D eigenvalue weighted by molar-refractivity contribution is -0.148. The van der Waals surface area contributed by atoms with Crippen molar-refractivity contribution in [3.63, 3.8) is 0 Å². The number of carbonyl (C=O) groups excluding carboxylic acids is 1. The molecule has 1 aliphatic heterocycles. The van der Waals surface area contributed by atoms with E-state index < -0.39 is 0 Å². The number of anilines is 1. The molecule has 1 saturated heterocycles. The molecule has 4 nitrogen and oxygen atoms in total. The van der Waals surface area contributed by atoms with Crippen molar-refractivity contribution in [2.45, 2.75) is 26.2 Å². The van der Waals surface area contributed by atoms with Gasteiger partial charge in [0.05, 0.1) is 28.3 Å². The van der Waals surface area contributed by atoms with Gasteiger partial charge in [0, 0.05) is 25.5 Å². The van der Waals surface area contributed by atoms with Crippen LogP contribution in [0.4, 0.5) is 5.69 Å². The molecular formula is C14H18Cl2N2O2. The van der Waals surface area contributed by atoms with E-state index in [1.54, 1.807) is 12.4 Å². The van der Waals surface area contributed by atoms with Gasteiger partial charge < -0.3 is 9.64 Å². The SMILES string of the molecule is CCOC(=O)C1CCCN(c2c(Cl)cncc2Cl)CC1. The maximum atomic E-state index is 11.8. The van der Waals surface area contributed by atoms with Crippen LogP contribution in [-0.4, -0.2) is 30.6 Å². The van der Waals surface area contributed by atoms with E-state index in [1.165, 1.54) is 0 Å². The molecule has 1 unspecified atom stereocenters. The Labute approximate surface area is 129 Å². The highest BCUT2D eigenvalue weighted by molar-refractivity contribution is 6.38. The minimum absolute atomic E-state index is 0.0284. The number of pyridine rings is 1. The summed E-state index contributed by atoms with van der Waals surface area (Å²) in [5, 5.41) is 1.10. The van der Waals surface area contributed by atoms with Crippen LogP contribution in [0.15, 0.2) is 12.4 Å². The molecule has 0 bridgehead atoms. The average molecular weight is 317 g/mol. The van der Waals surface area contributed by atoms with Crippen LogP contribution in [0.5, 0.6) is 0 Å². The zero-order valence-corrected chi connectivity index (χ0v) is 13.0. The molecule has 1 aromatic heterocycles. The van der Waals surface area contributed by atoms with E-state index in [2.05, 4.69) is 9.88 Å². The molecule has 20 heavy (non-hydrogen) atoms. The normalized spacial score (nSPS) is 19.6. The number of aromatic nitrogens is 1. The second-order valence-corrected chi connectivity index (χ2v) is 5.63. The van der Waals surface area contributed by atoms with Crippen LogP contribution in [0.2, 0.25) is 10.0 Å². The van der Waals surface area contributed by atoms with Crippen molar-refractivity contribution >= 4 is 34.9 Å². The first kappa shape index (κ1) is 15.4. The molecule has 6 heteroatoms. The standard InChI is InChI=1S/C14H18Cl2N2O2/c1-2-20-14(19)10-4-3-6-18(7-5-10)13-11(15)8-17-9-12(13)16/h8-10H,2-7H2,1H3.